The molecule has 0 atom stereocenters. The number of nitrogens with zero attached hydrogens (tertiary/aromatic N) is 1. The number of thioether (sulfide) groups is 1. The quantitative estimate of drug-likeness (QED) is 0.378. The van der Waals surface area contributed by atoms with E-state index in [0.29, 0.717) is 17.3 Å². The van der Waals surface area contributed by atoms with Crippen LogP contribution < -0.4 is 4.18 Å². The van der Waals surface area contributed by atoms with E-state index < -0.39 is 33.8 Å². The van der Waals surface area contributed by atoms with Crippen molar-refractivity contribution in [2.45, 2.75) is 11.8 Å². The van der Waals surface area contributed by atoms with Crippen LogP contribution in [-0.2, 0) is 24.4 Å². The third-order valence-electron chi connectivity index (χ3n) is 4.08. The molecule has 156 valence electrons. The Kier molecular flexibility index (Phi) is 6.28. The SMILES string of the molecule is COC(=O)CN1C(=O)S/C(=C\c2ccc(OS(=O)(=O)c3ccc(C)cc3)cc2)C1=O. The average molecular weight is 447 g/mol. The van der Waals surface area contributed by atoms with Crippen molar-refractivity contribution in [2.24, 2.45) is 0 Å². The van der Waals surface area contributed by atoms with Crippen molar-refractivity contribution in [1.29, 1.82) is 0 Å². The van der Waals surface area contributed by atoms with Crippen LogP contribution in [0.5, 0.6) is 5.75 Å². The number of benzene rings is 2. The van der Waals surface area contributed by atoms with Gasteiger partial charge < -0.3 is 8.92 Å². The molecule has 1 aliphatic rings. The van der Waals surface area contributed by atoms with Gasteiger partial charge in [0.2, 0.25) is 0 Å². The fourth-order valence-electron chi connectivity index (χ4n) is 2.48. The lowest BCUT2D eigenvalue weighted by Crippen LogP contribution is -2.34. The second-order valence-corrected chi connectivity index (χ2v) is 8.80. The smallest absolute Gasteiger partial charge is 0.339 e. The molecule has 8 nitrogen and oxygen atoms in total. The minimum Gasteiger partial charge on any atom is -0.468 e. The van der Waals surface area contributed by atoms with Gasteiger partial charge in [-0.2, -0.15) is 8.42 Å². The maximum atomic E-state index is 12.3. The standard InChI is InChI=1S/C20H17NO7S2/c1-13-3-9-16(10-4-13)30(25,26)28-15-7-5-14(6-8-15)11-17-19(23)21(20(24)29-17)12-18(22)27-2/h3-11H,12H2,1-2H3/b17-11-. The van der Waals surface area contributed by atoms with Crippen molar-refractivity contribution in [3.05, 3.63) is 64.6 Å². The molecular formula is C20H17NO7S2. The number of amides is 2. The van der Waals surface area contributed by atoms with Crippen LogP contribution >= 0.6 is 11.8 Å². The van der Waals surface area contributed by atoms with Crippen LogP contribution in [-0.4, -0.2) is 44.1 Å². The van der Waals surface area contributed by atoms with Crippen molar-refractivity contribution < 1.29 is 31.7 Å². The number of aryl methyl sites for hydroxylation is 1. The topological polar surface area (TPSA) is 107 Å². The second-order valence-electron chi connectivity index (χ2n) is 6.26. The lowest BCUT2D eigenvalue weighted by molar-refractivity contribution is -0.143. The molecule has 0 unspecified atom stereocenters. The highest BCUT2D eigenvalue weighted by molar-refractivity contribution is 8.18. The zero-order valence-corrected chi connectivity index (χ0v) is 17.7. The van der Waals surface area contributed by atoms with E-state index in [4.69, 9.17) is 4.18 Å². The normalized spacial score (nSPS) is 15.5. The maximum absolute atomic E-state index is 12.3. The van der Waals surface area contributed by atoms with Gasteiger partial charge in [-0.05, 0) is 54.6 Å². The van der Waals surface area contributed by atoms with E-state index in [-0.39, 0.29) is 15.6 Å². The molecule has 0 aliphatic carbocycles. The van der Waals surface area contributed by atoms with Gasteiger partial charge in [-0.1, -0.05) is 29.8 Å². The Morgan fingerprint density at radius 1 is 1.07 bits per heavy atom. The van der Waals surface area contributed by atoms with Crippen LogP contribution in [0.3, 0.4) is 0 Å². The van der Waals surface area contributed by atoms with Gasteiger partial charge in [0.15, 0.2) is 0 Å². The number of esters is 1. The first-order chi connectivity index (χ1) is 14.2. The summed E-state index contributed by atoms with van der Waals surface area (Å²) in [5.74, 6) is -1.20. The fourth-order valence-corrected chi connectivity index (χ4v) is 4.25. The van der Waals surface area contributed by atoms with E-state index in [2.05, 4.69) is 4.74 Å². The van der Waals surface area contributed by atoms with Crippen molar-refractivity contribution in [1.82, 2.24) is 4.90 Å². The summed E-state index contributed by atoms with van der Waals surface area (Å²) in [7, 11) is -2.80. The highest BCUT2D eigenvalue weighted by Gasteiger charge is 2.36. The van der Waals surface area contributed by atoms with E-state index in [9.17, 15) is 22.8 Å². The number of hydrogen-bond acceptors (Lipinski definition) is 8. The molecule has 30 heavy (non-hydrogen) atoms. The minimum atomic E-state index is -3.97. The number of carbonyl (C=O) groups is 3. The van der Waals surface area contributed by atoms with Crippen LogP contribution in [0.15, 0.2) is 58.3 Å². The van der Waals surface area contributed by atoms with Gasteiger partial charge in [0.25, 0.3) is 11.1 Å². The molecule has 0 radical (unpaired) electrons. The molecule has 0 spiro atoms. The van der Waals surface area contributed by atoms with E-state index in [1.165, 1.54) is 37.5 Å². The summed E-state index contributed by atoms with van der Waals surface area (Å²) >= 11 is 0.705. The number of carbonyl (C=O) groups excluding carboxylic acids is 3. The third kappa shape index (κ3) is 4.89. The summed E-state index contributed by atoms with van der Waals surface area (Å²) in [5.41, 5.74) is 1.48. The predicted octanol–water partition coefficient (Wildman–Crippen LogP) is 2.97. The summed E-state index contributed by atoms with van der Waals surface area (Å²) in [6.07, 6.45) is 1.47. The van der Waals surface area contributed by atoms with E-state index in [1.54, 1.807) is 24.3 Å². The van der Waals surface area contributed by atoms with Crippen LogP contribution in [0, 0.1) is 6.92 Å². The summed E-state index contributed by atoms with van der Waals surface area (Å²) in [5, 5.41) is -0.569. The Labute approximate surface area is 177 Å². The predicted molar refractivity (Wildman–Crippen MR) is 110 cm³/mol. The van der Waals surface area contributed by atoms with Crippen molar-refractivity contribution in [3.8, 4) is 5.75 Å². The second kappa shape index (κ2) is 8.72. The molecule has 0 N–H and O–H groups in total. The molecule has 1 fully saturated rings. The molecule has 1 aliphatic heterocycles. The number of hydrogen-bond donors (Lipinski definition) is 0. The molecule has 1 saturated heterocycles. The lowest BCUT2D eigenvalue weighted by atomic mass is 10.2. The third-order valence-corrected chi connectivity index (χ3v) is 6.25. The van der Waals surface area contributed by atoms with Gasteiger partial charge in [-0.3, -0.25) is 19.3 Å². The first kappa shape index (κ1) is 21.6. The summed E-state index contributed by atoms with van der Waals surface area (Å²) in [6, 6.07) is 12.3. The molecule has 2 amide bonds. The highest BCUT2D eigenvalue weighted by Crippen LogP contribution is 2.32. The number of rotatable bonds is 6. The molecule has 1 heterocycles. The van der Waals surface area contributed by atoms with Crippen LogP contribution in [0.1, 0.15) is 11.1 Å². The number of imide groups is 1. The minimum absolute atomic E-state index is 0.0384. The van der Waals surface area contributed by atoms with Gasteiger partial charge in [0.05, 0.1) is 12.0 Å². The van der Waals surface area contributed by atoms with Gasteiger partial charge in [-0.15, -0.1) is 0 Å². The summed E-state index contributed by atoms with van der Waals surface area (Å²) in [4.78, 5) is 36.6. The van der Waals surface area contributed by atoms with Gasteiger partial charge in [-0.25, -0.2) is 0 Å². The van der Waals surface area contributed by atoms with Gasteiger partial charge in [0, 0.05) is 0 Å². The van der Waals surface area contributed by atoms with E-state index >= 15 is 0 Å². The molecule has 0 aromatic heterocycles. The van der Waals surface area contributed by atoms with Gasteiger partial charge in [0.1, 0.15) is 17.2 Å². The van der Waals surface area contributed by atoms with E-state index in [1.807, 2.05) is 6.92 Å². The zero-order chi connectivity index (χ0) is 21.9. The molecule has 2 aromatic carbocycles. The first-order valence-corrected chi connectivity index (χ1v) is 10.9. The Morgan fingerprint density at radius 3 is 2.30 bits per heavy atom. The zero-order valence-electron chi connectivity index (χ0n) is 16.0. The molecule has 2 aromatic rings. The molecule has 3 rings (SSSR count). The molecule has 10 heteroatoms. The van der Waals surface area contributed by atoms with E-state index in [0.717, 1.165) is 10.5 Å². The van der Waals surface area contributed by atoms with Crippen LogP contribution in [0.25, 0.3) is 6.08 Å². The van der Waals surface area contributed by atoms with Crippen molar-refractivity contribution in [2.75, 3.05) is 13.7 Å². The van der Waals surface area contributed by atoms with Crippen LogP contribution in [0.2, 0.25) is 0 Å². The largest absolute Gasteiger partial charge is 0.468 e. The van der Waals surface area contributed by atoms with Crippen molar-refractivity contribution in [3.63, 3.8) is 0 Å². The number of ether oxygens (including phenoxy) is 1. The number of methoxy groups -OCH3 is 1. The molecule has 0 saturated carbocycles. The maximum Gasteiger partial charge on any atom is 0.339 e. The Hall–Kier alpha value is -3.11. The van der Waals surface area contributed by atoms with Crippen LogP contribution in [0.4, 0.5) is 4.79 Å². The summed E-state index contributed by atoms with van der Waals surface area (Å²) < 4.78 is 34.3. The first-order valence-electron chi connectivity index (χ1n) is 8.63. The summed E-state index contributed by atoms with van der Waals surface area (Å²) in [6.45, 7) is 1.39. The van der Waals surface area contributed by atoms with Crippen molar-refractivity contribution >= 4 is 45.1 Å². The highest BCUT2D eigenvalue weighted by atomic mass is 32.2. The lowest BCUT2D eigenvalue weighted by Gasteiger charge is -2.09. The Morgan fingerprint density at radius 2 is 1.70 bits per heavy atom. The molecular weight excluding hydrogens is 430 g/mol. The molecule has 0 bridgehead atoms. The average Bonchev–Trinajstić information content (AvgIpc) is 2.96. The Balaban J connectivity index is 1.73. The fraction of sp³-hybridized carbons (Fsp3) is 0.150. The van der Waals surface area contributed by atoms with Gasteiger partial charge >= 0.3 is 16.1 Å². The Bertz CT molecular complexity index is 1120. The monoisotopic (exact) mass is 447 g/mol.